The molecule has 2 heterocycles. The van der Waals surface area contributed by atoms with E-state index in [4.69, 9.17) is 9.47 Å². The summed E-state index contributed by atoms with van der Waals surface area (Å²) in [6.45, 7) is 1.99. The van der Waals surface area contributed by atoms with Crippen molar-refractivity contribution in [3.8, 4) is 22.8 Å². The predicted molar refractivity (Wildman–Crippen MR) is 102 cm³/mol. The van der Waals surface area contributed by atoms with Gasteiger partial charge in [-0.15, -0.1) is 11.3 Å². The van der Waals surface area contributed by atoms with Gasteiger partial charge in [-0.1, -0.05) is 18.2 Å². The van der Waals surface area contributed by atoms with Gasteiger partial charge < -0.3 is 9.47 Å². The first-order chi connectivity index (χ1) is 12.6. The number of benzene rings is 2. The van der Waals surface area contributed by atoms with Crippen LogP contribution in [0.25, 0.3) is 11.3 Å². The third-order valence-electron chi connectivity index (χ3n) is 4.33. The number of aryl methyl sites for hydroxylation is 1. The molecule has 6 heteroatoms. The summed E-state index contributed by atoms with van der Waals surface area (Å²) < 4.78 is 10.9. The van der Waals surface area contributed by atoms with Gasteiger partial charge in [0.15, 0.2) is 11.2 Å². The molecule has 0 fully saturated rings. The SMILES string of the molecule is COc1ccc(-c2nc(NC(=O)C3Cc4ccccc4O3)sc2C)cc1. The van der Waals surface area contributed by atoms with Gasteiger partial charge >= 0.3 is 0 Å². The zero-order valence-electron chi connectivity index (χ0n) is 14.5. The number of nitrogens with one attached hydrogen (secondary N) is 1. The summed E-state index contributed by atoms with van der Waals surface area (Å²) in [5.41, 5.74) is 2.91. The van der Waals surface area contributed by atoms with Crippen LogP contribution in [0, 0.1) is 6.92 Å². The minimum atomic E-state index is -0.513. The summed E-state index contributed by atoms with van der Waals surface area (Å²) in [5.74, 6) is 1.41. The fourth-order valence-electron chi connectivity index (χ4n) is 2.98. The normalized spacial score (nSPS) is 15.2. The molecule has 1 N–H and O–H groups in total. The van der Waals surface area contributed by atoms with Crippen molar-refractivity contribution in [2.45, 2.75) is 19.4 Å². The Labute approximate surface area is 155 Å². The summed E-state index contributed by atoms with van der Waals surface area (Å²) in [4.78, 5) is 18.2. The highest BCUT2D eigenvalue weighted by Crippen LogP contribution is 2.32. The molecule has 0 saturated heterocycles. The number of hydrogen-bond acceptors (Lipinski definition) is 5. The summed E-state index contributed by atoms with van der Waals surface area (Å²) >= 11 is 1.46. The number of hydrogen-bond donors (Lipinski definition) is 1. The highest BCUT2D eigenvalue weighted by molar-refractivity contribution is 7.16. The Bertz CT molecular complexity index is 925. The Kier molecular flexibility index (Phi) is 4.34. The van der Waals surface area contributed by atoms with Crippen LogP contribution in [-0.2, 0) is 11.2 Å². The van der Waals surface area contributed by atoms with Crippen molar-refractivity contribution in [2.24, 2.45) is 0 Å². The number of nitrogens with zero attached hydrogens (tertiary/aromatic N) is 1. The van der Waals surface area contributed by atoms with Crippen LogP contribution in [-0.4, -0.2) is 24.1 Å². The molecule has 0 saturated carbocycles. The van der Waals surface area contributed by atoms with Crippen LogP contribution in [0.1, 0.15) is 10.4 Å². The Morgan fingerprint density at radius 1 is 1.23 bits per heavy atom. The molecule has 0 spiro atoms. The van der Waals surface area contributed by atoms with E-state index in [1.54, 1.807) is 7.11 Å². The fourth-order valence-corrected chi connectivity index (χ4v) is 3.82. The van der Waals surface area contributed by atoms with E-state index in [1.807, 2.05) is 55.5 Å². The lowest BCUT2D eigenvalue weighted by atomic mass is 10.1. The standard InChI is InChI=1S/C20H18N2O3S/c1-12-18(13-7-9-15(24-2)10-8-13)21-20(26-12)22-19(23)17-11-14-5-3-4-6-16(14)25-17/h3-10,17H,11H2,1-2H3,(H,21,22,23). The molecular formula is C20H18N2O3S. The maximum Gasteiger partial charge on any atom is 0.267 e. The highest BCUT2D eigenvalue weighted by Gasteiger charge is 2.29. The smallest absolute Gasteiger partial charge is 0.267 e. The number of methoxy groups -OCH3 is 1. The van der Waals surface area contributed by atoms with Crippen LogP contribution in [0.5, 0.6) is 11.5 Å². The second-order valence-electron chi connectivity index (χ2n) is 6.06. The topological polar surface area (TPSA) is 60.5 Å². The van der Waals surface area contributed by atoms with E-state index >= 15 is 0 Å². The van der Waals surface area contributed by atoms with Crippen molar-refractivity contribution in [3.05, 3.63) is 59.0 Å². The van der Waals surface area contributed by atoms with Crippen molar-refractivity contribution in [1.82, 2.24) is 4.98 Å². The van der Waals surface area contributed by atoms with Crippen molar-refractivity contribution < 1.29 is 14.3 Å². The van der Waals surface area contributed by atoms with E-state index in [0.29, 0.717) is 11.6 Å². The van der Waals surface area contributed by atoms with Gasteiger partial charge in [-0.05, 0) is 42.8 Å². The van der Waals surface area contributed by atoms with E-state index < -0.39 is 6.10 Å². The molecule has 0 radical (unpaired) electrons. The average Bonchev–Trinajstić information content (AvgIpc) is 3.25. The van der Waals surface area contributed by atoms with Crippen molar-refractivity contribution in [1.29, 1.82) is 0 Å². The second kappa shape index (κ2) is 6.80. The third kappa shape index (κ3) is 3.15. The molecule has 1 unspecified atom stereocenters. The molecule has 0 bridgehead atoms. The van der Waals surface area contributed by atoms with Gasteiger partial charge in [-0.2, -0.15) is 0 Å². The molecule has 1 atom stereocenters. The van der Waals surface area contributed by atoms with Crippen LogP contribution in [0.15, 0.2) is 48.5 Å². The third-order valence-corrected chi connectivity index (χ3v) is 5.22. The number of rotatable bonds is 4. The first kappa shape index (κ1) is 16.6. The minimum absolute atomic E-state index is 0.170. The zero-order valence-corrected chi connectivity index (χ0v) is 15.3. The van der Waals surface area contributed by atoms with Crippen LogP contribution >= 0.6 is 11.3 Å². The van der Waals surface area contributed by atoms with Gasteiger partial charge in [0.2, 0.25) is 0 Å². The van der Waals surface area contributed by atoms with E-state index in [1.165, 1.54) is 11.3 Å². The molecule has 2 aromatic carbocycles. The number of fused-ring (bicyclic) bond motifs is 1. The molecular weight excluding hydrogens is 348 g/mol. The molecule has 132 valence electrons. The molecule has 1 aliphatic heterocycles. The zero-order chi connectivity index (χ0) is 18.1. The van der Waals surface area contributed by atoms with Gasteiger partial charge in [0, 0.05) is 16.9 Å². The Hall–Kier alpha value is -2.86. The number of carbonyl (C=O) groups is 1. The molecule has 1 aliphatic rings. The molecule has 1 amide bonds. The number of aromatic nitrogens is 1. The van der Waals surface area contributed by atoms with Crippen molar-refractivity contribution >= 4 is 22.4 Å². The second-order valence-corrected chi connectivity index (χ2v) is 7.26. The van der Waals surface area contributed by atoms with Crippen LogP contribution < -0.4 is 14.8 Å². The summed E-state index contributed by atoms with van der Waals surface area (Å²) in [6.07, 6.45) is 0.0681. The lowest BCUT2D eigenvalue weighted by Crippen LogP contribution is -2.31. The fraction of sp³-hybridized carbons (Fsp3) is 0.200. The number of ether oxygens (including phenoxy) is 2. The van der Waals surface area contributed by atoms with Gasteiger partial charge in [0.25, 0.3) is 5.91 Å². The molecule has 26 heavy (non-hydrogen) atoms. The van der Waals surface area contributed by atoms with Crippen molar-refractivity contribution in [2.75, 3.05) is 12.4 Å². The lowest BCUT2D eigenvalue weighted by molar-refractivity contribution is -0.122. The Morgan fingerprint density at radius 3 is 2.73 bits per heavy atom. The summed E-state index contributed by atoms with van der Waals surface area (Å²) in [5, 5.41) is 3.47. The maximum absolute atomic E-state index is 12.5. The van der Waals surface area contributed by atoms with E-state index in [2.05, 4.69) is 10.3 Å². The quantitative estimate of drug-likeness (QED) is 0.756. The largest absolute Gasteiger partial charge is 0.497 e. The van der Waals surface area contributed by atoms with Gasteiger partial charge in [-0.25, -0.2) is 4.98 Å². The van der Waals surface area contributed by atoms with Crippen LogP contribution in [0.3, 0.4) is 0 Å². The number of carbonyl (C=O) groups excluding carboxylic acids is 1. The molecule has 1 aromatic heterocycles. The Morgan fingerprint density at radius 2 is 2.00 bits per heavy atom. The van der Waals surface area contributed by atoms with Crippen molar-refractivity contribution in [3.63, 3.8) is 0 Å². The number of amides is 1. The monoisotopic (exact) mass is 366 g/mol. The Balaban J connectivity index is 1.48. The molecule has 0 aliphatic carbocycles. The van der Waals surface area contributed by atoms with Crippen LogP contribution in [0.2, 0.25) is 0 Å². The first-order valence-electron chi connectivity index (χ1n) is 8.31. The summed E-state index contributed by atoms with van der Waals surface area (Å²) in [6, 6.07) is 15.5. The van der Waals surface area contributed by atoms with Gasteiger partial charge in [-0.3, -0.25) is 10.1 Å². The molecule has 4 rings (SSSR count). The average molecular weight is 366 g/mol. The van der Waals surface area contributed by atoms with E-state index in [9.17, 15) is 4.79 Å². The molecule has 3 aromatic rings. The van der Waals surface area contributed by atoms with Gasteiger partial charge in [0.05, 0.1) is 12.8 Å². The number of thiazole rings is 1. The van der Waals surface area contributed by atoms with Crippen LogP contribution in [0.4, 0.5) is 5.13 Å². The van der Waals surface area contributed by atoms with Gasteiger partial charge in [0.1, 0.15) is 11.5 Å². The maximum atomic E-state index is 12.5. The highest BCUT2D eigenvalue weighted by atomic mass is 32.1. The number of para-hydroxylation sites is 1. The minimum Gasteiger partial charge on any atom is -0.497 e. The summed E-state index contributed by atoms with van der Waals surface area (Å²) in [7, 11) is 1.64. The van der Waals surface area contributed by atoms with E-state index in [-0.39, 0.29) is 5.91 Å². The number of anilines is 1. The first-order valence-corrected chi connectivity index (χ1v) is 9.13. The molecule has 5 nitrogen and oxygen atoms in total. The predicted octanol–water partition coefficient (Wildman–Crippen LogP) is 4.07. The van der Waals surface area contributed by atoms with E-state index in [0.717, 1.165) is 33.2 Å². The lowest BCUT2D eigenvalue weighted by Gasteiger charge is -2.09.